The zero-order chi connectivity index (χ0) is 27.2. The lowest BCUT2D eigenvalue weighted by atomic mass is 9.63. The fourth-order valence-corrected chi connectivity index (χ4v) is 6.55. The molecule has 2 nitrogen and oxygen atoms in total. The highest BCUT2D eigenvalue weighted by molar-refractivity contribution is 6.01. The van der Waals surface area contributed by atoms with Gasteiger partial charge in [0.1, 0.15) is 5.78 Å². The average Bonchev–Trinajstić information content (AvgIpc) is 2.90. The van der Waals surface area contributed by atoms with Crippen molar-refractivity contribution in [2.45, 2.75) is 91.9 Å². The number of fused-ring (bicyclic) bond motifs is 1. The molecule has 1 saturated carbocycles. The Morgan fingerprint density at radius 3 is 2.29 bits per heavy atom. The molecule has 2 aromatic rings. The van der Waals surface area contributed by atoms with Crippen molar-refractivity contribution in [3.05, 3.63) is 95.1 Å². The molecule has 2 aliphatic rings. The third-order valence-corrected chi connectivity index (χ3v) is 9.55. The van der Waals surface area contributed by atoms with Crippen LogP contribution in [0.15, 0.2) is 78.4 Å². The third kappa shape index (κ3) is 7.01. The number of rotatable bonds is 6. The normalized spacial score (nSPS) is 26.0. The van der Waals surface area contributed by atoms with Crippen molar-refractivity contribution in [2.24, 2.45) is 22.7 Å². The monoisotopic (exact) mass is 510 g/mol. The Morgan fingerprint density at radius 1 is 0.868 bits per heavy atom. The van der Waals surface area contributed by atoms with E-state index in [1.165, 1.54) is 22.3 Å². The van der Waals surface area contributed by atoms with Crippen molar-refractivity contribution in [2.75, 3.05) is 0 Å². The SMILES string of the molecule is CC1CCC(C)(C)C(C(=O)CCc2ccc(Cc3ccccc3)cc2)CCCCCC2=CC(=O)C=CC21C. The summed E-state index contributed by atoms with van der Waals surface area (Å²) in [7, 11) is 0. The maximum atomic E-state index is 13.7. The van der Waals surface area contributed by atoms with Gasteiger partial charge in [0, 0.05) is 17.8 Å². The van der Waals surface area contributed by atoms with Gasteiger partial charge in [-0.3, -0.25) is 9.59 Å². The van der Waals surface area contributed by atoms with E-state index in [2.05, 4.69) is 88.4 Å². The summed E-state index contributed by atoms with van der Waals surface area (Å²) < 4.78 is 0. The van der Waals surface area contributed by atoms with E-state index >= 15 is 0 Å². The van der Waals surface area contributed by atoms with Gasteiger partial charge in [-0.2, -0.15) is 0 Å². The minimum Gasteiger partial charge on any atom is -0.299 e. The van der Waals surface area contributed by atoms with E-state index in [4.69, 9.17) is 0 Å². The van der Waals surface area contributed by atoms with Crippen LogP contribution in [0.1, 0.15) is 95.8 Å². The smallest absolute Gasteiger partial charge is 0.178 e. The quantitative estimate of drug-likeness (QED) is 0.389. The van der Waals surface area contributed by atoms with Crippen LogP contribution in [-0.2, 0) is 22.4 Å². The van der Waals surface area contributed by atoms with Crippen LogP contribution >= 0.6 is 0 Å². The van der Waals surface area contributed by atoms with E-state index in [1.54, 1.807) is 6.08 Å². The lowest BCUT2D eigenvalue weighted by Gasteiger charge is -2.41. The Labute approximate surface area is 230 Å². The summed E-state index contributed by atoms with van der Waals surface area (Å²) in [4.78, 5) is 25.8. The Bertz CT molecular complexity index is 1150. The summed E-state index contributed by atoms with van der Waals surface area (Å²) in [5.74, 6) is 1.11. The maximum Gasteiger partial charge on any atom is 0.178 e. The lowest BCUT2D eigenvalue weighted by molar-refractivity contribution is -0.127. The number of allylic oxidation sites excluding steroid dienone is 4. The molecular formula is C36H46O2. The van der Waals surface area contributed by atoms with Crippen molar-refractivity contribution >= 4 is 11.6 Å². The highest BCUT2D eigenvalue weighted by Gasteiger charge is 2.39. The number of aryl methyl sites for hydroxylation is 1. The molecule has 0 heterocycles. The van der Waals surface area contributed by atoms with Gasteiger partial charge in [-0.05, 0) is 85.1 Å². The highest BCUT2D eigenvalue weighted by atomic mass is 16.1. The molecule has 3 atom stereocenters. The summed E-state index contributed by atoms with van der Waals surface area (Å²) >= 11 is 0. The Kier molecular flexibility index (Phi) is 9.23. The topological polar surface area (TPSA) is 34.1 Å². The second kappa shape index (κ2) is 12.4. The van der Waals surface area contributed by atoms with E-state index in [-0.39, 0.29) is 22.5 Å². The van der Waals surface area contributed by atoms with E-state index < -0.39 is 0 Å². The van der Waals surface area contributed by atoms with Crippen LogP contribution in [-0.4, -0.2) is 11.6 Å². The Balaban J connectivity index is 1.39. The molecule has 2 aromatic carbocycles. The molecule has 0 bridgehead atoms. The summed E-state index contributed by atoms with van der Waals surface area (Å²) in [5.41, 5.74) is 5.10. The summed E-state index contributed by atoms with van der Waals surface area (Å²) in [6, 6.07) is 19.4. The molecule has 0 aliphatic heterocycles. The van der Waals surface area contributed by atoms with Gasteiger partial charge in [-0.1, -0.05) is 107 Å². The number of ketones is 2. The van der Waals surface area contributed by atoms with Gasteiger partial charge in [0.05, 0.1) is 0 Å². The molecule has 38 heavy (non-hydrogen) atoms. The van der Waals surface area contributed by atoms with Crippen LogP contribution in [0.2, 0.25) is 0 Å². The molecule has 202 valence electrons. The largest absolute Gasteiger partial charge is 0.299 e. The van der Waals surface area contributed by atoms with Crippen molar-refractivity contribution in [1.82, 2.24) is 0 Å². The second-order valence-electron chi connectivity index (χ2n) is 12.7. The van der Waals surface area contributed by atoms with Crippen LogP contribution in [0, 0.1) is 22.7 Å². The Hall–Kier alpha value is -2.74. The zero-order valence-corrected chi connectivity index (χ0v) is 24.0. The van der Waals surface area contributed by atoms with E-state index in [0.717, 1.165) is 57.8 Å². The summed E-state index contributed by atoms with van der Waals surface area (Å²) in [5, 5.41) is 0. The second-order valence-corrected chi connectivity index (χ2v) is 12.7. The molecule has 2 heteroatoms. The van der Waals surface area contributed by atoms with Crippen molar-refractivity contribution in [3.63, 3.8) is 0 Å². The molecule has 0 amide bonds. The molecule has 0 spiro atoms. The number of carbonyl (C=O) groups is 2. The van der Waals surface area contributed by atoms with Crippen LogP contribution in [0.5, 0.6) is 0 Å². The molecular weight excluding hydrogens is 464 g/mol. The molecule has 1 fully saturated rings. The first-order valence-corrected chi connectivity index (χ1v) is 14.8. The molecule has 2 aliphatic carbocycles. The van der Waals surface area contributed by atoms with Gasteiger partial charge < -0.3 is 0 Å². The van der Waals surface area contributed by atoms with Gasteiger partial charge in [-0.25, -0.2) is 0 Å². The van der Waals surface area contributed by atoms with Crippen molar-refractivity contribution in [3.8, 4) is 0 Å². The van der Waals surface area contributed by atoms with Gasteiger partial charge in [0.25, 0.3) is 0 Å². The van der Waals surface area contributed by atoms with Gasteiger partial charge in [0.15, 0.2) is 5.78 Å². The lowest BCUT2D eigenvalue weighted by Crippen LogP contribution is -2.34. The number of benzene rings is 2. The van der Waals surface area contributed by atoms with Crippen molar-refractivity contribution < 1.29 is 9.59 Å². The maximum absolute atomic E-state index is 13.7. The minimum absolute atomic E-state index is 0.0292. The number of hydrogen-bond donors (Lipinski definition) is 0. The predicted molar refractivity (Wildman–Crippen MR) is 158 cm³/mol. The first-order chi connectivity index (χ1) is 18.2. The molecule has 0 N–H and O–H groups in total. The van der Waals surface area contributed by atoms with E-state index in [0.29, 0.717) is 18.1 Å². The highest BCUT2D eigenvalue weighted by Crippen LogP contribution is 2.47. The number of carbonyl (C=O) groups excluding carboxylic acids is 2. The average molecular weight is 511 g/mol. The molecule has 0 aromatic heterocycles. The summed E-state index contributed by atoms with van der Waals surface area (Å²) in [6.45, 7) is 9.25. The number of hydrogen-bond acceptors (Lipinski definition) is 2. The van der Waals surface area contributed by atoms with E-state index in [9.17, 15) is 9.59 Å². The van der Waals surface area contributed by atoms with Gasteiger partial charge in [-0.15, -0.1) is 0 Å². The van der Waals surface area contributed by atoms with Crippen LogP contribution in [0.25, 0.3) is 0 Å². The molecule has 0 radical (unpaired) electrons. The van der Waals surface area contributed by atoms with Gasteiger partial charge in [0.2, 0.25) is 0 Å². The van der Waals surface area contributed by atoms with Gasteiger partial charge >= 0.3 is 0 Å². The van der Waals surface area contributed by atoms with Crippen molar-refractivity contribution in [1.29, 1.82) is 0 Å². The molecule has 0 saturated heterocycles. The van der Waals surface area contributed by atoms with Crippen LogP contribution < -0.4 is 0 Å². The first-order valence-electron chi connectivity index (χ1n) is 14.8. The minimum atomic E-state index is -0.0602. The molecule has 3 unspecified atom stereocenters. The fraction of sp³-hybridized carbons (Fsp3) is 0.500. The van der Waals surface area contributed by atoms with Crippen LogP contribution in [0.3, 0.4) is 0 Å². The zero-order valence-electron chi connectivity index (χ0n) is 24.0. The fourth-order valence-electron chi connectivity index (χ4n) is 6.55. The number of Topliss-reactive ketones (excluding diaryl/α,β-unsaturated/α-hetero) is 1. The predicted octanol–water partition coefficient (Wildman–Crippen LogP) is 8.87. The molecule has 4 rings (SSSR count). The first kappa shape index (κ1) is 28.3. The standard InChI is InChI=1S/C36H46O2/c1-27-21-23-35(2,3)33(14-10-6-9-13-31-26-32(37)22-24-36(27,31)4)34(38)20-19-28-15-17-30(18-16-28)25-29-11-7-5-8-12-29/h5,7-8,11-12,15-18,22,24,26-27,33H,6,9-10,13-14,19-21,23,25H2,1-4H3. The van der Waals surface area contributed by atoms with Crippen LogP contribution in [0.4, 0.5) is 0 Å². The Morgan fingerprint density at radius 2 is 1.55 bits per heavy atom. The third-order valence-electron chi connectivity index (χ3n) is 9.55. The van der Waals surface area contributed by atoms with E-state index in [1.807, 2.05) is 6.08 Å². The summed E-state index contributed by atoms with van der Waals surface area (Å²) in [6.07, 6.45) is 15.5.